The molecule has 1 aliphatic rings. The number of nitrogens with zero attached hydrogens (tertiary/aromatic N) is 6. The molecule has 0 bridgehead atoms. The molecule has 4 rings (SSSR count). The van der Waals surface area contributed by atoms with Gasteiger partial charge in [-0.25, -0.2) is 4.68 Å². The van der Waals surface area contributed by atoms with E-state index < -0.39 is 21.2 Å². The maximum atomic E-state index is 11.1. The third-order valence-corrected chi connectivity index (χ3v) is 5.30. The monoisotopic (exact) mass is 442 g/mol. The highest BCUT2D eigenvalue weighted by Crippen LogP contribution is 2.29. The first kappa shape index (κ1) is 20.6. The van der Waals surface area contributed by atoms with Crippen molar-refractivity contribution in [2.24, 2.45) is 0 Å². The van der Waals surface area contributed by atoms with Gasteiger partial charge in [0, 0.05) is 44.0 Å². The number of anilines is 1. The highest BCUT2D eigenvalue weighted by Gasteiger charge is 2.22. The molecule has 12 heteroatoms. The van der Waals surface area contributed by atoms with Crippen molar-refractivity contribution in [1.82, 2.24) is 14.7 Å². The van der Waals surface area contributed by atoms with Crippen LogP contribution in [0.4, 0.5) is 17.1 Å². The van der Waals surface area contributed by atoms with E-state index in [1.54, 1.807) is 0 Å². The normalized spacial score (nSPS) is 14.5. The van der Waals surface area contributed by atoms with E-state index >= 15 is 0 Å². The van der Waals surface area contributed by atoms with Crippen LogP contribution in [0.1, 0.15) is 0 Å². The minimum atomic E-state index is -0.700. The van der Waals surface area contributed by atoms with Crippen molar-refractivity contribution >= 4 is 29.3 Å². The smallest absolute Gasteiger partial charge is 0.288 e. The number of para-hydroxylation sites is 1. The van der Waals surface area contributed by atoms with Gasteiger partial charge in [-0.05, 0) is 24.4 Å². The second-order valence-corrected chi connectivity index (χ2v) is 7.36. The Balaban J connectivity index is 1.50. The summed E-state index contributed by atoms with van der Waals surface area (Å²) in [6.45, 7) is 3.67. The van der Waals surface area contributed by atoms with Gasteiger partial charge in [0.2, 0.25) is 5.89 Å². The molecule has 0 N–H and O–H groups in total. The third-order valence-electron chi connectivity index (χ3n) is 5.00. The number of hydrogen-bond donors (Lipinski definition) is 0. The standard InChI is InChI=1S/C19H18N6O5S/c26-24(27)16-10-14(11-17(12-16)25(28)29)18-20-23(19(31)30-18)13-21-6-8-22(9-7-21)15-4-2-1-3-5-15/h1-5,10-12H,6-9,13H2. The fraction of sp³-hybridized carbons (Fsp3) is 0.263. The number of nitro groups is 2. The van der Waals surface area contributed by atoms with Crippen LogP contribution in [0.3, 0.4) is 0 Å². The Morgan fingerprint density at radius 1 is 0.968 bits per heavy atom. The Kier molecular flexibility index (Phi) is 5.73. The van der Waals surface area contributed by atoms with Gasteiger partial charge < -0.3 is 9.32 Å². The molecule has 1 fully saturated rings. The molecule has 0 saturated carbocycles. The van der Waals surface area contributed by atoms with Crippen molar-refractivity contribution in [3.8, 4) is 11.5 Å². The number of nitro benzene ring substituents is 2. The van der Waals surface area contributed by atoms with Crippen LogP contribution in [0.2, 0.25) is 0 Å². The Bertz CT molecular complexity index is 1140. The maximum absolute atomic E-state index is 11.1. The van der Waals surface area contributed by atoms with E-state index in [2.05, 4.69) is 27.0 Å². The lowest BCUT2D eigenvalue weighted by molar-refractivity contribution is -0.394. The Labute approximate surface area is 181 Å². The van der Waals surface area contributed by atoms with Gasteiger partial charge in [0.15, 0.2) is 0 Å². The SMILES string of the molecule is O=[N+]([O-])c1cc(-c2nn(CN3CCN(c4ccccc4)CC3)c(=S)o2)cc([N+](=O)[O-])c1. The summed E-state index contributed by atoms with van der Waals surface area (Å²) in [4.78, 5) is 25.4. The Hall–Kier alpha value is -3.64. The second kappa shape index (κ2) is 8.62. The largest absolute Gasteiger partial charge is 0.409 e. The van der Waals surface area contributed by atoms with Gasteiger partial charge in [0.25, 0.3) is 16.2 Å². The lowest BCUT2D eigenvalue weighted by atomic mass is 10.2. The van der Waals surface area contributed by atoms with Gasteiger partial charge in [-0.15, -0.1) is 5.10 Å². The summed E-state index contributed by atoms with van der Waals surface area (Å²) < 4.78 is 6.97. The summed E-state index contributed by atoms with van der Waals surface area (Å²) in [6.07, 6.45) is 0. The lowest BCUT2D eigenvalue weighted by Gasteiger charge is -2.35. The predicted octanol–water partition coefficient (Wildman–Crippen LogP) is 3.47. The molecule has 0 atom stereocenters. The van der Waals surface area contributed by atoms with E-state index in [1.165, 1.54) is 22.5 Å². The third kappa shape index (κ3) is 4.59. The van der Waals surface area contributed by atoms with Crippen LogP contribution in [-0.4, -0.2) is 50.7 Å². The van der Waals surface area contributed by atoms with Gasteiger partial charge in [-0.2, -0.15) is 0 Å². The molecule has 1 saturated heterocycles. The zero-order valence-electron chi connectivity index (χ0n) is 16.3. The minimum absolute atomic E-state index is 0.000258. The minimum Gasteiger partial charge on any atom is -0.409 e. The first-order valence-corrected chi connectivity index (χ1v) is 9.86. The van der Waals surface area contributed by atoms with Crippen LogP contribution in [0, 0.1) is 25.1 Å². The van der Waals surface area contributed by atoms with E-state index in [4.69, 9.17) is 16.6 Å². The van der Waals surface area contributed by atoms with E-state index in [0.29, 0.717) is 6.67 Å². The molecule has 1 aromatic heterocycles. The molecule has 2 aromatic carbocycles. The summed E-state index contributed by atoms with van der Waals surface area (Å²) in [5.41, 5.74) is 0.461. The zero-order chi connectivity index (χ0) is 22.0. The van der Waals surface area contributed by atoms with Crippen LogP contribution in [0.15, 0.2) is 52.9 Å². The number of non-ortho nitro benzene ring substituents is 2. The van der Waals surface area contributed by atoms with Crippen LogP contribution in [0.25, 0.3) is 11.5 Å². The number of hydrogen-bond acceptors (Lipinski definition) is 9. The maximum Gasteiger partial charge on any atom is 0.288 e. The van der Waals surface area contributed by atoms with Crippen molar-refractivity contribution < 1.29 is 14.3 Å². The molecular formula is C19H18N6O5S. The molecule has 11 nitrogen and oxygen atoms in total. The topological polar surface area (TPSA) is 124 Å². The highest BCUT2D eigenvalue weighted by atomic mass is 32.1. The van der Waals surface area contributed by atoms with Gasteiger partial charge in [0.05, 0.1) is 28.1 Å². The number of rotatable bonds is 6. The molecule has 0 spiro atoms. The predicted molar refractivity (Wildman–Crippen MR) is 114 cm³/mol. The molecule has 1 aliphatic heterocycles. The van der Waals surface area contributed by atoms with Gasteiger partial charge in [0.1, 0.15) is 0 Å². The average Bonchev–Trinajstić information content (AvgIpc) is 3.14. The number of piperazine rings is 1. The quantitative estimate of drug-likeness (QED) is 0.320. The molecular weight excluding hydrogens is 424 g/mol. The summed E-state index contributed by atoms with van der Waals surface area (Å²) in [5, 5.41) is 26.5. The second-order valence-electron chi connectivity index (χ2n) is 7.01. The van der Waals surface area contributed by atoms with Crippen molar-refractivity contribution in [2.75, 3.05) is 31.1 Å². The zero-order valence-corrected chi connectivity index (χ0v) is 17.1. The van der Waals surface area contributed by atoms with Gasteiger partial charge in [-0.1, -0.05) is 18.2 Å². The summed E-state index contributed by atoms with van der Waals surface area (Å²) in [5.74, 6) is -0.000258. The van der Waals surface area contributed by atoms with Crippen LogP contribution < -0.4 is 4.90 Å². The van der Waals surface area contributed by atoms with Crippen molar-refractivity contribution in [2.45, 2.75) is 6.67 Å². The van der Waals surface area contributed by atoms with Gasteiger partial charge >= 0.3 is 0 Å². The van der Waals surface area contributed by atoms with Gasteiger partial charge in [-0.3, -0.25) is 25.1 Å². The van der Waals surface area contributed by atoms with Crippen LogP contribution >= 0.6 is 12.2 Å². The van der Waals surface area contributed by atoms with Crippen molar-refractivity contribution in [1.29, 1.82) is 0 Å². The molecule has 2 heterocycles. The fourth-order valence-corrected chi connectivity index (χ4v) is 3.59. The summed E-state index contributed by atoms with van der Waals surface area (Å²) in [6, 6.07) is 13.4. The first-order chi connectivity index (χ1) is 14.9. The van der Waals surface area contributed by atoms with Crippen molar-refractivity contribution in [3.05, 3.63) is 73.6 Å². The van der Waals surface area contributed by atoms with Crippen LogP contribution in [-0.2, 0) is 6.67 Å². The molecule has 31 heavy (non-hydrogen) atoms. The Morgan fingerprint density at radius 2 is 1.58 bits per heavy atom. The molecule has 0 unspecified atom stereocenters. The molecule has 3 aromatic rings. The number of aromatic nitrogens is 2. The summed E-state index contributed by atoms with van der Waals surface area (Å²) >= 11 is 5.24. The van der Waals surface area contributed by atoms with E-state index in [9.17, 15) is 20.2 Å². The fourth-order valence-electron chi connectivity index (χ4n) is 3.42. The number of benzene rings is 2. The average molecular weight is 442 g/mol. The Morgan fingerprint density at radius 3 is 2.16 bits per heavy atom. The molecule has 160 valence electrons. The summed E-state index contributed by atoms with van der Waals surface area (Å²) in [7, 11) is 0. The first-order valence-electron chi connectivity index (χ1n) is 9.45. The lowest BCUT2D eigenvalue weighted by Crippen LogP contribution is -2.46. The van der Waals surface area contributed by atoms with E-state index in [1.807, 2.05) is 18.2 Å². The van der Waals surface area contributed by atoms with Crippen molar-refractivity contribution in [3.63, 3.8) is 0 Å². The van der Waals surface area contributed by atoms with E-state index in [-0.39, 0.29) is 16.3 Å². The molecule has 0 radical (unpaired) electrons. The molecule has 0 aliphatic carbocycles. The highest BCUT2D eigenvalue weighted by molar-refractivity contribution is 7.71. The van der Waals surface area contributed by atoms with Crippen LogP contribution in [0.5, 0.6) is 0 Å². The van der Waals surface area contributed by atoms with E-state index in [0.717, 1.165) is 32.2 Å². The molecule has 0 amide bonds.